The smallest absolute Gasteiger partial charge is 0.368 e. The Bertz CT molecular complexity index is 725. The van der Waals surface area contributed by atoms with Crippen LogP contribution in [0.15, 0.2) is 36.5 Å². The molecule has 1 aliphatic rings. The molecule has 0 N–H and O–H groups in total. The lowest BCUT2D eigenvalue weighted by atomic mass is 10.1. The first kappa shape index (κ1) is 16.9. The van der Waals surface area contributed by atoms with Gasteiger partial charge in [0.25, 0.3) is 0 Å². The van der Waals surface area contributed by atoms with E-state index in [2.05, 4.69) is 28.9 Å². The standard InChI is InChI=1S/C17H17ClF3N3/c1-12-4-2-3-5-15(12)23-6-8-24(9-7-23)16-14(18)10-13(11-22-16)17(19,20)21/h2-5,10-11H,6-9H2,1H3. The van der Waals surface area contributed by atoms with Crippen molar-refractivity contribution in [2.45, 2.75) is 13.1 Å². The van der Waals surface area contributed by atoms with E-state index in [9.17, 15) is 13.2 Å². The highest BCUT2D eigenvalue weighted by atomic mass is 35.5. The molecule has 1 aliphatic heterocycles. The minimum Gasteiger partial charge on any atom is -0.368 e. The van der Waals surface area contributed by atoms with E-state index >= 15 is 0 Å². The number of aromatic nitrogens is 1. The number of piperazine rings is 1. The van der Waals surface area contributed by atoms with Crippen LogP contribution < -0.4 is 9.80 Å². The van der Waals surface area contributed by atoms with Gasteiger partial charge >= 0.3 is 6.18 Å². The lowest BCUT2D eigenvalue weighted by molar-refractivity contribution is -0.137. The van der Waals surface area contributed by atoms with Gasteiger partial charge in [0.2, 0.25) is 0 Å². The molecule has 2 heterocycles. The molecule has 0 radical (unpaired) electrons. The summed E-state index contributed by atoms with van der Waals surface area (Å²) in [6, 6.07) is 9.09. The van der Waals surface area contributed by atoms with E-state index in [1.54, 1.807) is 0 Å². The molecular formula is C17H17ClF3N3. The van der Waals surface area contributed by atoms with Crippen LogP contribution in [0.4, 0.5) is 24.7 Å². The van der Waals surface area contributed by atoms with Gasteiger partial charge in [-0.25, -0.2) is 4.98 Å². The van der Waals surface area contributed by atoms with Crippen LogP contribution in [-0.4, -0.2) is 31.2 Å². The quantitative estimate of drug-likeness (QED) is 0.796. The molecule has 2 aromatic rings. The molecule has 0 bridgehead atoms. The van der Waals surface area contributed by atoms with Crippen LogP contribution in [-0.2, 0) is 6.18 Å². The van der Waals surface area contributed by atoms with Crippen molar-refractivity contribution < 1.29 is 13.2 Å². The van der Waals surface area contributed by atoms with Crippen molar-refractivity contribution in [1.29, 1.82) is 0 Å². The van der Waals surface area contributed by atoms with Gasteiger partial charge in [0.15, 0.2) is 0 Å². The van der Waals surface area contributed by atoms with Crippen LogP contribution in [0.3, 0.4) is 0 Å². The van der Waals surface area contributed by atoms with Gasteiger partial charge in [0, 0.05) is 38.1 Å². The highest BCUT2D eigenvalue weighted by molar-refractivity contribution is 6.33. The number of rotatable bonds is 2. The molecular weight excluding hydrogens is 339 g/mol. The van der Waals surface area contributed by atoms with E-state index in [0.29, 0.717) is 18.9 Å². The molecule has 7 heteroatoms. The SMILES string of the molecule is Cc1ccccc1N1CCN(c2ncc(C(F)(F)F)cc2Cl)CC1. The molecule has 0 spiro atoms. The number of alkyl halides is 3. The zero-order chi connectivity index (χ0) is 17.3. The lowest BCUT2D eigenvalue weighted by Gasteiger charge is -2.37. The second-order valence-electron chi connectivity index (χ2n) is 5.79. The summed E-state index contributed by atoms with van der Waals surface area (Å²) in [6.45, 7) is 4.92. The van der Waals surface area contributed by atoms with E-state index in [1.165, 1.54) is 11.3 Å². The average molecular weight is 356 g/mol. The summed E-state index contributed by atoms with van der Waals surface area (Å²) in [4.78, 5) is 8.13. The normalized spacial score (nSPS) is 15.7. The number of nitrogens with zero attached hydrogens (tertiary/aromatic N) is 3. The van der Waals surface area contributed by atoms with E-state index in [4.69, 9.17) is 11.6 Å². The van der Waals surface area contributed by atoms with Crippen molar-refractivity contribution >= 4 is 23.1 Å². The molecule has 1 fully saturated rings. The van der Waals surface area contributed by atoms with Gasteiger partial charge in [-0.2, -0.15) is 13.2 Å². The first-order valence-corrected chi connectivity index (χ1v) is 8.02. The third kappa shape index (κ3) is 3.43. The van der Waals surface area contributed by atoms with Crippen molar-refractivity contribution in [2.75, 3.05) is 36.0 Å². The molecule has 1 aromatic heterocycles. The molecule has 128 valence electrons. The van der Waals surface area contributed by atoms with Gasteiger partial charge in [-0.1, -0.05) is 29.8 Å². The summed E-state index contributed by atoms with van der Waals surface area (Å²) in [5, 5.41) is 0.0363. The van der Waals surface area contributed by atoms with Crippen molar-refractivity contribution in [3.8, 4) is 0 Å². The van der Waals surface area contributed by atoms with E-state index < -0.39 is 11.7 Å². The summed E-state index contributed by atoms with van der Waals surface area (Å²) >= 11 is 6.03. The van der Waals surface area contributed by atoms with Crippen molar-refractivity contribution in [1.82, 2.24) is 4.98 Å². The number of hydrogen-bond acceptors (Lipinski definition) is 3. The van der Waals surface area contributed by atoms with Crippen molar-refractivity contribution in [2.24, 2.45) is 0 Å². The van der Waals surface area contributed by atoms with Gasteiger partial charge in [0.1, 0.15) is 5.82 Å². The first-order valence-electron chi connectivity index (χ1n) is 7.64. The van der Waals surface area contributed by atoms with Gasteiger partial charge < -0.3 is 9.80 Å². The summed E-state index contributed by atoms with van der Waals surface area (Å²) < 4.78 is 38.1. The molecule has 1 saturated heterocycles. The summed E-state index contributed by atoms with van der Waals surface area (Å²) in [6.07, 6.45) is -3.59. The summed E-state index contributed by atoms with van der Waals surface area (Å²) in [7, 11) is 0. The number of para-hydroxylation sites is 1. The maximum atomic E-state index is 12.7. The first-order chi connectivity index (χ1) is 11.4. The Hall–Kier alpha value is -1.95. The second-order valence-corrected chi connectivity index (χ2v) is 6.19. The average Bonchev–Trinajstić information content (AvgIpc) is 2.55. The molecule has 0 saturated carbocycles. The van der Waals surface area contributed by atoms with Gasteiger partial charge in [-0.15, -0.1) is 0 Å². The molecule has 0 aliphatic carbocycles. The maximum Gasteiger partial charge on any atom is 0.417 e. The Morgan fingerprint density at radius 2 is 1.67 bits per heavy atom. The number of pyridine rings is 1. The van der Waals surface area contributed by atoms with Crippen LogP contribution in [0, 0.1) is 6.92 Å². The zero-order valence-electron chi connectivity index (χ0n) is 13.1. The van der Waals surface area contributed by atoms with Crippen LogP contribution in [0.1, 0.15) is 11.1 Å². The molecule has 1 aromatic carbocycles. The predicted octanol–water partition coefficient (Wildman–Crippen LogP) is 4.39. The third-order valence-corrected chi connectivity index (χ3v) is 4.46. The number of benzene rings is 1. The van der Waals surface area contributed by atoms with Gasteiger partial charge in [0.05, 0.1) is 10.6 Å². The molecule has 0 unspecified atom stereocenters. The molecule has 0 atom stereocenters. The fourth-order valence-electron chi connectivity index (χ4n) is 2.90. The van der Waals surface area contributed by atoms with Crippen LogP contribution in [0.2, 0.25) is 5.02 Å². The Kier molecular flexibility index (Phi) is 4.58. The summed E-state index contributed by atoms with van der Waals surface area (Å²) in [5.41, 5.74) is 1.56. The Balaban J connectivity index is 1.72. The Morgan fingerprint density at radius 3 is 2.25 bits per heavy atom. The minimum atomic E-state index is -4.43. The third-order valence-electron chi connectivity index (χ3n) is 4.18. The zero-order valence-corrected chi connectivity index (χ0v) is 13.9. The van der Waals surface area contributed by atoms with Crippen molar-refractivity contribution in [3.63, 3.8) is 0 Å². The van der Waals surface area contributed by atoms with Gasteiger partial charge in [-0.3, -0.25) is 0 Å². The molecule has 0 amide bonds. The molecule has 3 rings (SSSR count). The van der Waals surface area contributed by atoms with E-state index in [1.807, 2.05) is 17.0 Å². The van der Waals surface area contributed by atoms with E-state index in [-0.39, 0.29) is 5.02 Å². The minimum absolute atomic E-state index is 0.0363. The monoisotopic (exact) mass is 355 g/mol. The lowest BCUT2D eigenvalue weighted by Crippen LogP contribution is -2.47. The highest BCUT2D eigenvalue weighted by Gasteiger charge is 2.32. The highest BCUT2D eigenvalue weighted by Crippen LogP contribution is 2.34. The van der Waals surface area contributed by atoms with Gasteiger partial charge in [-0.05, 0) is 24.6 Å². The maximum absolute atomic E-state index is 12.7. The number of anilines is 2. The molecule has 24 heavy (non-hydrogen) atoms. The number of halogens is 4. The number of hydrogen-bond donors (Lipinski definition) is 0. The van der Waals surface area contributed by atoms with Crippen LogP contribution >= 0.6 is 11.6 Å². The Morgan fingerprint density at radius 1 is 1.04 bits per heavy atom. The fourth-order valence-corrected chi connectivity index (χ4v) is 3.18. The van der Waals surface area contributed by atoms with Crippen LogP contribution in [0.25, 0.3) is 0 Å². The summed E-state index contributed by atoms with van der Waals surface area (Å²) in [5.74, 6) is 0.411. The number of aryl methyl sites for hydroxylation is 1. The fraction of sp³-hybridized carbons (Fsp3) is 0.353. The second kappa shape index (κ2) is 6.51. The van der Waals surface area contributed by atoms with E-state index in [0.717, 1.165) is 25.4 Å². The topological polar surface area (TPSA) is 19.4 Å². The molecule has 3 nitrogen and oxygen atoms in total. The predicted molar refractivity (Wildman–Crippen MR) is 89.9 cm³/mol. The largest absolute Gasteiger partial charge is 0.417 e. The Labute approximate surface area is 143 Å². The van der Waals surface area contributed by atoms with Crippen molar-refractivity contribution in [3.05, 3.63) is 52.7 Å². The van der Waals surface area contributed by atoms with Crippen LogP contribution in [0.5, 0.6) is 0 Å².